The van der Waals surface area contributed by atoms with Crippen molar-refractivity contribution in [1.82, 2.24) is 0 Å². The van der Waals surface area contributed by atoms with Crippen molar-refractivity contribution in [1.29, 1.82) is 0 Å². The highest BCUT2D eigenvalue weighted by Gasteiger charge is 2.24. The Bertz CT molecular complexity index is 548. The van der Waals surface area contributed by atoms with Gasteiger partial charge in [0.1, 0.15) is 0 Å². The molecule has 0 fully saturated rings. The summed E-state index contributed by atoms with van der Waals surface area (Å²) in [5, 5.41) is 10.6. The minimum atomic E-state index is -0.555. The summed E-state index contributed by atoms with van der Waals surface area (Å²) in [6.07, 6.45) is -0.555. The van der Waals surface area contributed by atoms with Crippen molar-refractivity contribution < 1.29 is 5.11 Å². The van der Waals surface area contributed by atoms with Crippen LogP contribution in [0.2, 0.25) is 0 Å². The van der Waals surface area contributed by atoms with E-state index >= 15 is 0 Å². The Balaban J connectivity index is 2.34. The lowest BCUT2D eigenvalue weighted by Gasteiger charge is -2.22. The molecular weight excluding hydrogens is 322 g/mol. The highest BCUT2D eigenvalue weighted by Crippen LogP contribution is 2.38. The minimum absolute atomic E-state index is 0.0638. The van der Waals surface area contributed by atoms with Crippen molar-refractivity contribution in [2.45, 2.75) is 25.9 Å². The average molecular weight is 340 g/mol. The Labute approximate surface area is 126 Å². The molecule has 1 heterocycles. The molecule has 0 bridgehead atoms. The van der Waals surface area contributed by atoms with Crippen molar-refractivity contribution in [2.24, 2.45) is 5.73 Å². The van der Waals surface area contributed by atoms with Crippen LogP contribution in [0.4, 0.5) is 0 Å². The molecule has 0 saturated heterocycles. The monoisotopic (exact) mass is 339 g/mol. The fourth-order valence-corrected chi connectivity index (χ4v) is 3.88. The van der Waals surface area contributed by atoms with E-state index in [0.717, 1.165) is 19.8 Å². The maximum Gasteiger partial charge on any atom is 0.0962 e. The Morgan fingerprint density at radius 1 is 1.26 bits per heavy atom. The number of aryl methyl sites for hydroxylation is 2. The lowest BCUT2D eigenvalue weighted by molar-refractivity contribution is 0.151. The van der Waals surface area contributed by atoms with Crippen LogP contribution in [0.25, 0.3) is 0 Å². The third-order valence-electron chi connectivity index (χ3n) is 3.39. The summed E-state index contributed by atoms with van der Waals surface area (Å²) in [6.45, 7) is 4.52. The fourth-order valence-electron chi connectivity index (χ4n) is 2.26. The zero-order valence-corrected chi connectivity index (χ0v) is 13.5. The summed E-state index contributed by atoms with van der Waals surface area (Å²) in [5.41, 5.74) is 9.34. The molecule has 0 amide bonds. The highest BCUT2D eigenvalue weighted by atomic mass is 79.9. The number of benzene rings is 1. The number of thiophene rings is 1. The maximum atomic E-state index is 10.6. The Morgan fingerprint density at radius 3 is 2.47 bits per heavy atom. The third kappa shape index (κ3) is 3.08. The molecule has 4 heteroatoms. The molecule has 2 aromatic rings. The molecular formula is C15H18BrNOS. The van der Waals surface area contributed by atoms with Gasteiger partial charge in [-0.25, -0.2) is 0 Å². The first kappa shape index (κ1) is 14.7. The zero-order chi connectivity index (χ0) is 14.0. The van der Waals surface area contributed by atoms with Gasteiger partial charge in [-0.2, -0.15) is 0 Å². The van der Waals surface area contributed by atoms with E-state index in [9.17, 15) is 5.11 Å². The molecule has 102 valence electrons. The van der Waals surface area contributed by atoms with Crippen LogP contribution in [0, 0.1) is 13.8 Å². The average Bonchev–Trinajstić information content (AvgIpc) is 2.73. The highest BCUT2D eigenvalue weighted by molar-refractivity contribution is 9.11. The topological polar surface area (TPSA) is 46.2 Å². The molecule has 1 aromatic carbocycles. The molecule has 2 rings (SSSR count). The lowest BCUT2D eigenvalue weighted by atomic mass is 9.89. The minimum Gasteiger partial charge on any atom is -0.387 e. The van der Waals surface area contributed by atoms with Crippen molar-refractivity contribution in [3.8, 4) is 0 Å². The zero-order valence-electron chi connectivity index (χ0n) is 11.1. The van der Waals surface area contributed by atoms with Crippen LogP contribution in [0.15, 0.2) is 34.1 Å². The lowest BCUT2D eigenvalue weighted by Crippen LogP contribution is -2.20. The van der Waals surface area contributed by atoms with Crippen molar-refractivity contribution >= 4 is 27.3 Å². The molecule has 0 spiro atoms. The Kier molecular flexibility index (Phi) is 4.79. The first-order valence-corrected chi connectivity index (χ1v) is 7.85. The number of halogens is 1. The largest absolute Gasteiger partial charge is 0.387 e. The van der Waals surface area contributed by atoms with Crippen LogP contribution in [0.3, 0.4) is 0 Å². The van der Waals surface area contributed by atoms with Gasteiger partial charge in [-0.3, -0.25) is 0 Å². The number of rotatable bonds is 4. The van der Waals surface area contributed by atoms with Gasteiger partial charge in [0.15, 0.2) is 0 Å². The van der Waals surface area contributed by atoms with Gasteiger partial charge in [-0.15, -0.1) is 11.3 Å². The number of hydrogen-bond acceptors (Lipinski definition) is 3. The van der Waals surface area contributed by atoms with Gasteiger partial charge in [-0.1, -0.05) is 24.3 Å². The van der Waals surface area contributed by atoms with Gasteiger partial charge in [-0.05, 0) is 52.5 Å². The molecule has 0 aliphatic heterocycles. The summed E-state index contributed by atoms with van der Waals surface area (Å²) in [5.74, 6) is -0.0638. The van der Waals surface area contributed by atoms with E-state index < -0.39 is 6.10 Å². The van der Waals surface area contributed by atoms with E-state index in [-0.39, 0.29) is 5.92 Å². The SMILES string of the molecule is Cc1ccccc1C(CN)C(O)c1cc(C)c(Br)s1. The van der Waals surface area contributed by atoms with E-state index in [1.807, 2.05) is 31.2 Å². The van der Waals surface area contributed by atoms with E-state index in [1.165, 1.54) is 5.56 Å². The molecule has 2 nitrogen and oxygen atoms in total. The van der Waals surface area contributed by atoms with Crippen LogP contribution in [-0.4, -0.2) is 11.7 Å². The van der Waals surface area contributed by atoms with Gasteiger partial charge in [0.25, 0.3) is 0 Å². The van der Waals surface area contributed by atoms with Gasteiger partial charge < -0.3 is 10.8 Å². The van der Waals surface area contributed by atoms with Crippen molar-refractivity contribution in [3.05, 3.63) is 55.7 Å². The fraction of sp³-hybridized carbons (Fsp3) is 0.333. The van der Waals surface area contributed by atoms with E-state index in [1.54, 1.807) is 11.3 Å². The number of hydrogen-bond donors (Lipinski definition) is 2. The molecule has 2 atom stereocenters. The van der Waals surface area contributed by atoms with E-state index in [2.05, 4.69) is 28.9 Å². The standard InChI is InChI=1S/C15H18BrNOS/c1-9-5-3-4-6-11(9)12(8-17)14(18)13-7-10(2)15(16)19-13/h3-7,12,14,18H,8,17H2,1-2H3. The van der Waals surface area contributed by atoms with Gasteiger partial charge >= 0.3 is 0 Å². The Hall–Kier alpha value is -0.680. The first-order valence-electron chi connectivity index (χ1n) is 6.24. The van der Waals surface area contributed by atoms with Crippen LogP contribution >= 0.6 is 27.3 Å². The predicted octanol–water partition coefficient (Wildman–Crippen LogP) is 3.90. The summed E-state index contributed by atoms with van der Waals surface area (Å²) in [4.78, 5) is 0.961. The summed E-state index contributed by atoms with van der Waals surface area (Å²) in [7, 11) is 0. The summed E-state index contributed by atoms with van der Waals surface area (Å²) >= 11 is 5.08. The first-order chi connectivity index (χ1) is 9.04. The molecule has 1 aromatic heterocycles. The second kappa shape index (κ2) is 6.18. The molecule has 0 saturated carbocycles. The van der Waals surface area contributed by atoms with Crippen LogP contribution < -0.4 is 5.73 Å². The number of aliphatic hydroxyl groups excluding tert-OH is 1. The second-order valence-electron chi connectivity index (χ2n) is 4.75. The van der Waals surface area contributed by atoms with Crippen molar-refractivity contribution in [3.63, 3.8) is 0 Å². The smallest absolute Gasteiger partial charge is 0.0962 e. The van der Waals surface area contributed by atoms with Crippen LogP contribution in [0.5, 0.6) is 0 Å². The summed E-state index contributed by atoms with van der Waals surface area (Å²) < 4.78 is 1.07. The molecule has 0 aliphatic carbocycles. The molecule has 0 radical (unpaired) electrons. The van der Waals surface area contributed by atoms with Crippen LogP contribution in [0.1, 0.15) is 33.6 Å². The number of nitrogens with two attached hydrogens (primary N) is 1. The molecule has 3 N–H and O–H groups in total. The van der Waals surface area contributed by atoms with Gasteiger partial charge in [0, 0.05) is 17.3 Å². The van der Waals surface area contributed by atoms with E-state index in [0.29, 0.717) is 6.54 Å². The summed E-state index contributed by atoms with van der Waals surface area (Å²) in [6, 6.07) is 10.1. The predicted molar refractivity (Wildman–Crippen MR) is 84.7 cm³/mol. The number of aliphatic hydroxyl groups is 1. The van der Waals surface area contributed by atoms with Gasteiger partial charge in [0.2, 0.25) is 0 Å². The Morgan fingerprint density at radius 2 is 1.95 bits per heavy atom. The molecule has 19 heavy (non-hydrogen) atoms. The second-order valence-corrected chi connectivity index (χ2v) is 7.15. The van der Waals surface area contributed by atoms with Crippen molar-refractivity contribution in [2.75, 3.05) is 6.54 Å². The van der Waals surface area contributed by atoms with Crippen LogP contribution in [-0.2, 0) is 0 Å². The quantitative estimate of drug-likeness (QED) is 0.887. The maximum absolute atomic E-state index is 10.6. The molecule has 2 unspecified atom stereocenters. The molecule has 0 aliphatic rings. The normalized spacial score (nSPS) is 14.4. The van der Waals surface area contributed by atoms with E-state index in [4.69, 9.17) is 5.73 Å². The van der Waals surface area contributed by atoms with Gasteiger partial charge in [0.05, 0.1) is 9.89 Å². The third-order valence-corrected chi connectivity index (χ3v) is 5.60.